The van der Waals surface area contributed by atoms with Crippen molar-refractivity contribution in [1.82, 2.24) is 10.0 Å². The van der Waals surface area contributed by atoms with Crippen molar-refractivity contribution in [2.45, 2.75) is 43.9 Å². The third-order valence-corrected chi connectivity index (χ3v) is 4.61. The molecule has 140 valence electrons. The van der Waals surface area contributed by atoms with Crippen LogP contribution in [0.15, 0.2) is 29.2 Å². The van der Waals surface area contributed by atoms with E-state index < -0.39 is 46.0 Å². The van der Waals surface area contributed by atoms with Gasteiger partial charge in [-0.3, -0.25) is 9.59 Å². The van der Waals surface area contributed by atoms with E-state index >= 15 is 0 Å². The lowest BCUT2D eigenvalue weighted by molar-refractivity contribution is -0.158. The summed E-state index contributed by atoms with van der Waals surface area (Å²) < 4.78 is 44.3. The van der Waals surface area contributed by atoms with Gasteiger partial charge in [0, 0.05) is 6.54 Å². The van der Waals surface area contributed by atoms with Gasteiger partial charge in [-0.25, -0.2) is 12.8 Å². The number of esters is 1. The molecule has 0 bridgehead atoms. The van der Waals surface area contributed by atoms with Crippen LogP contribution in [0.5, 0.6) is 0 Å². The van der Waals surface area contributed by atoms with Crippen molar-refractivity contribution in [3.63, 3.8) is 0 Å². The zero-order valence-electron chi connectivity index (χ0n) is 14.0. The lowest BCUT2D eigenvalue weighted by Crippen LogP contribution is -2.50. The van der Waals surface area contributed by atoms with Crippen molar-refractivity contribution in [2.75, 3.05) is 6.54 Å². The lowest BCUT2D eigenvalue weighted by Gasteiger charge is -2.22. The largest absolute Gasteiger partial charge is 0.451 e. The monoisotopic (exact) mass is 376 g/mol. The molecule has 3 atom stereocenters. The fraction of sp³-hybridized carbons (Fsp3) is 0.467. The molecule has 0 fully saturated rings. The van der Waals surface area contributed by atoms with Gasteiger partial charge in [0.1, 0.15) is 11.9 Å². The summed E-state index contributed by atoms with van der Waals surface area (Å²) in [5, 5.41) is 12.1. The van der Waals surface area contributed by atoms with Gasteiger partial charge in [0.2, 0.25) is 10.0 Å². The number of rotatable bonds is 8. The van der Waals surface area contributed by atoms with Gasteiger partial charge in [-0.1, -0.05) is 0 Å². The van der Waals surface area contributed by atoms with Crippen molar-refractivity contribution >= 4 is 21.9 Å². The van der Waals surface area contributed by atoms with Gasteiger partial charge in [-0.05, 0) is 45.0 Å². The van der Waals surface area contributed by atoms with Crippen LogP contribution >= 0.6 is 0 Å². The number of hydrogen-bond acceptors (Lipinski definition) is 6. The minimum absolute atomic E-state index is 0.288. The molecule has 1 rings (SSSR count). The van der Waals surface area contributed by atoms with Crippen molar-refractivity contribution in [3.05, 3.63) is 30.1 Å². The Labute approximate surface area is 145 Å². The number of ether oxygens (including phenoxy) is 1. The molecule has 1 amide bonds. The molecule has 0 aliphatic rings. The van der Waals surface area contributed by atoms with E-state index in [0.717, 1.165) is 24.3 Å². The molecule has 0 aromatic heterocycles. The Morgan fingerprint density at radius 3 is 2.28 bits per heavy atom. The number of benzene rings is 1. The van der Waals surface area contributed by atoms with E-state index in [1.807, 2.05) is 4.72 Å². The molecule has 1 aromatic carbocycles. The van der Waals surface area contributed by atoms with Crippen LogP contribution in [-0.2, 0) is 24.3 Å². The topological polar surface area (TPSA) is 122 Å². The molecule has 0 aliphatic heterocycles. The van der Waals surface area contributed by atoms with E-state index in [0.29, 0.717) is 6.54 Å². The maximum atomic E-state index is 12.9. The molecule has 0 aliphatic carbocycles. The normalized spacial score (nSPS) is 15.1. The van der Waals surface area contributed by atoms with Crippen LogP contribution in [0.4, 0.5) is 4.39 Å². The summed E-state index contributed by atoms with van der Waals surface area (Å²) in [5.74, 6) is -2.29. The third-order valence-electron chi connectivity index (χ3n) is 3.16. The Hall–Kier alpha value is -2.04. The van der Waals surface area contributed by atoms with E-state index in [9.17, 15) is 27.5 Å². The van der Waals surface area contributed by atoms with Crippen molar-refractivity contribution < 1.29 is 32.2 Å². The van der Waals surface area contributed by atoms with Crippen LogP contribution in [0.2, 0.25) is 0 Å². The molecule has 8 nitrogen and oxygen atoms in total. The average molecular weight is 376 g/mol. The van der Waals surface area contributed by atoms with Crippen LogP contribution in [0.3, 0.4) is 0 Å². The molecule has 10 heteroatoms. The Morgan fingerprint density at radius 2 is 1.80 bits per heavy atom. The number of aliphatic hydroxyl groups is 1. The Kier molecular flexibility index (Phi) is 7.46. The summed E-state index contributed by atoms with van der Waals surface area (Å²) in [4.78, 5) is 23.4. The summed E-state index contributed by atoms with van der Waals surface area (Å²) >= 11 is 0. The highest BCUT2D eigenvalue weighted by molar-refractivity contribution is 7.89. The Balaban J connectivity index is 2.91. The predicted molar refractivity (Wildman–Crippen MR) is 86.4 cm³/mol. The van der Waals surface area contributed by atoms with Crippen molar-refractivity contribution in [3.8, 4) is 0 Å². The number of aliphatic hydroxyl groups excluding tert-OH is 1. The number of likely N-dealkylation sites (N-methyl/N-ethyl adjacent to an activating group) is 1. The van der Waals surface area contributed by atoms with Gasteiger partial charge in [0.25, 0.3) is 5.91 Å². The van der Waals surface area contributed by atoms with Gasteiger partial charge in [0.15, 0.2) is 6.10 Å². The fourth-order valence-corrected chi connectivity index (χ4v) is 3.07. The first-order valence-corrected chi connectivity index (χ1v) is 9.01. The van der Waals surface area contributed by atoms with Crippen molar-refractivity contribution in [1.29, 1.82) is 0 Å². The minimum atomic E-state index is -4.21. The molecule has 0 heterocycles. The fourth-order valence-electron chi connectivity index (χ4n) is 1.81. The Bertz CT molecular complexity index is 705. The second-order valence-electron chi connectivity index (χ2n) is 5.27. The third kappa shape index (κ3) is 6.07. The second-order valence-corrected chi connectivity index (χ2v) is 6.98. The SMILES string of the molecule is CCNC(=O)[C@H](C)OC(=O)[C@@H](NS(=O)(=O)c1ccc(F)cc1)[C@@H](C)O. The van der Waals surface area contributed by atoms with Gasteiger partial charge >= 0.3 is 5.97 Å². The number of hydrogen-bond donors (Lipinski definition) is 3. The summed E-state index contributed by atoms with van der Waals surface area (Å²) in [7, 11) is -4.21. The van der Waals surface area contributed by atoms with Crippen LogP contribution in [-0.4, -0.2) is 50.2 Å². The van der Waals surface area contributed by atoms with E-state index in [1.54, 1.807) is 6.92 Å². The molecule has 0 saturated carbocycles. The maximum Gasteiger partial charge on any atom is 0.327 e. The Morgan fingerprint density at radius 1 is 1.24 bits per heavy atom. The molecule has 25 heavy (non-hydrogen) atoms. The first kappa shape index (κ1) is 21.0. The van der Waals surface area contributed by atoms with E-state index in [-0.39, 0.29) is 4.90 Å². The lowest BCUT2D eigenvalue weighted by atomic mass is 10.2. The number of amides is 1. The van der Waals surface area contributed by atoms with Gasteiger partial charge < -0.3 is 15.2 Å². The van der Waals surface area contributed by atoms with Crippen molar-refractivity contribution in [2.24, 2.45) is 0 Å². The molecule has 1 aromatic rings. The summed E-state index contributed by atoms with van der Waals surface area (Å²) in [6, 6.07) is 2.29. The number of carbonyl (C=O) groups excluding carboxylic acids is 2. The van der Waals surface area contributed by atoms with Gasteiger partial charge in [-0.15, -0.1) is 0 Å². The second kappa shape index (κ2) is 8.88. The highest BCUT2D eigenvalue weighted by atomic mass is 32.2. The molecule has 0 saturated heterocycles. The first-order valence-electron chi connectivity index (χ1n) is 7.52. The zero-order chi connectivity index (χ0) is 19.2. The first-order chi connectivity index (χ1) is 11.6. The van der Waals surface area contributed by atoms with Gasteiger partial charge in [-0.2, -0.15) is 4.72 Å². The quantitative estimate of drug-likeness (QED) is 0.546. The maximum absolute atomic E-state index is 12.9. The summed E-state index contributed by atoms with van der Waals surface area (Å²) in [6.45, 7) is 4.52. The van der Waals surface area contributed by atoms with Crippen LogP contribution in [0.1, 0.15) is 20.8 Å². The average Bonchev–Trinajstić information content (AvgIpc) is 2.52. The van der Waals surface area contributed by atoms with Gasteiger partial charge in [0.05, 0.1) is 11.0 Å². The minimum Gasteiger partial charge on any atom is -0.451 e. The highest BCUT2D eigenvalue weighted by Gasteiger charge is 2.32. The number of nitrogens with one attached hydrogen (secondary N) is 2. The molecule has 0 radical (unpaired) electrons. The highest BCUT2D eigenvalue weighted by Crippen LogP contribution is 2.12. The summed E-state index contributed by atoms with van der Waals surface area (Å²) in [5.41, 5.74) is 0. The van der Waals surface area contributed by atoms with E-state index in [1.165, 1.54) is 13.8 Å². The molecule has 3 N–H and O–H groups in total. The van der Waals surface area contributed by atoms with Crippen LogP contribution in [0, 0.1) is 5.82 Å². The van der Waals surface area contributed by atoms with E-state index in [2.05, 4.69) is 5.32 Å². The molecular weight excluding hydrogens is 355 g/mol. The molecule has 0 unspecified atom stereocenters. The number of carbonyl (C=O) groups is 2. The predicted octanol–water partition coefficient (Wildman–Crippen LogP) is -0.0788. The van der Waals surface area contributed by atoms with Crippen LogP contribution < -0.4 is 10.0 Å². The van der Waals surface area contributed by atoms with E-state index in [4.69, 9.17) is 4.74 Å². The standard InChI is InChI=1S/C15H21FN2O6S/c1-4-17-14(20)10(3)24-15(21)13(9(2)19)18-25(22,23)12-7-5-11(16)6-8-12/h5-10,13,18-19H,4H2,1-3H3,(H,17,20)/t9-,10+,13+/m1/s1. The smallest absolute Gasteiger partial charge is 0.327 e. The number of sulfonamides is 1. The van der Waals surface area contributed by atoms with Crippen LogP contribution in [0.25, 0.3) is 0 Å². The molecular formula is C15H21FN2O6S. The number of halogens is 1. The zero-order valence-corrected chi connectivity index (χ0v) is 14.8. The molecule has 0 spiro atoms. The summed E-state index contributed by atoms with van der Waals surface area (Å²) in [6.07, 6.45) is -2.59.